The zero-order valence-corrected chi connectivity index (χ0v) is 10.4. The van der Waals surface area contributed by atoms with Gasteiger partial charge in [0.25, 0.3) is 11.8 Å². The van der Waals surface area contributed by atoms with Gasteiger partial charge in [0, 0.05) is 33.0 Å². The number of ketones is 1. The summed E-state index contributed by atoms with van der Waals surface area (Å²) in [5.74, 6) is -0.416. The maximum atomic E-state index is 11.8. The number of halogens is 1. The number of likely N-dealkylation sites (tertiary alicyclic amines) is 1. The van der Waals surface area contributed by atoms with Gasteiger partial charge in [-0.1, -0.05) is 0 Å². The third-order valence-electron chi connectivity index (χ3n) is 2.84. The Morgan fingerprint density at radius 2 is 1.62 bits per heavy atom. The van der Waals surface area contributed by atoms with Gasteiger partial charge in [-0.25, -0.2) is 0 Å². The molecule has 16 heavy (non-hydrogen) atoms. The number of amides is 2. The van der Waals surface area contributed by atoms with E-state index < -0.39 is 0 Å². The maximum absolute atomic E-state index is 11.8. The van der Waals surface area contributed by atoms with Crippen molar-refractivity contribution in [3.63, 3.8) is 0 Å². The van der Waals surface area contributed by atoms with Crippen LogP contribution in [0.2, 0.25) is 0 Å². The van der Waals surface area contributed by atoms with Crippen molar-refractivity contribution in [3.8, 4) is 0 Å². The van der Waals surface area contributed by atoms with Gasteiger partial charge in [-0.15, -0.1) is 0 Å². The lowest BCUT2D eigenvalue weighted by molar-refractivity contribution is -0.136. The van der Waals surface area contributed by atoms with Crippen LogP contribution in [0.15, 0.2) is 10.2 Å². The Morgan fingerprint density at radius 1 is 1.06 bits per heavy atom. The van der Waals surface area contributed by atoms with Crippen LogP contribution in [-0.4, -0.2) is 47.5 Å². The quantitative estimate of drug-likeness (QED) is 0.649. The Labute approximate surface area is 101 Å². The maximum Gasteiger partial charge on any atom is 0.278 e. The standard InChI is InChI=1S/C10H11BrN2O3/c1-12-9(15)7(11)8(10(12)16)13-4-2-6(14)3-5-13/h2-5H2,1H3. The average Bonchev–Trinajstić information content (AvgIpc) is 2.46. The van der Waals surface area contributed by atoms with Crippen molar-refractivity contribution in [1.29, 1.82) is 0 Å². The fourth-order valence-corrected chi connectivity index (χ4v) is 2.53. The molecule has 6 heteroatoms. The minimum Gasteiger partial charge on any atom is -0.365 e. The summed E-state index contributed by atoms with van der Waals surface area (Å²) in [6.07, 6.45) is 0.879. The molecule has 1 saturated heterocycles. The van der Waals surface area contributed by atoms with E-state index in [2.05, 4.69) is 15.9 Å². The van der Waals surface area contributed by atoms with Gasteiger partial charge in [-0.2, -0.15) is 0 Å². The lowest BCUT2D eigenvalue weighted by Gasteiger charge is -2.28. The molecule has 5 nitrogen and oxygen atoms in total. The summed E-state index contributed by atoms with van der Waals surface area (Å²) in [6, 6.07) is 0. The highest BCUT2D eigenvalue weighted by molar-refractivity contribution is 9.12. The van der Waals surface area contributed by atoms with Gasteiger partial charge in [0.05, 0.1) is 0 Å². The number of hydrogen-bond donors (Lipinski definition) is 0. The topological polar surface area (TPSA) is 57.7 Å². The van der Waals surface area contributed by atoms with Crippen molar-refractivity contribution in [2.45, 2.75) is 12.8 Å². The minimum atomic E-state index is -0.322. The van der Waals surface area contributed by atoms with Crippen molar-refractivity contribution in [2.24, 2.45) is 0 Å². The van der Waals surface area contributed by atoms with Gasteiger partial charge < -0.3 is 4.90 Å². The Bertz CT molecular complexity index is 406. The molecule has 0 radical (unpaired) electrons. The average molecular weight is 287 g/mol. The second-order valence-electron chi connectivity index (χ2n) is 3.86. The molecule has 0 saturated carbocycles. The lowest BCUT2D eigenvalue weighted by Crippen LogP contribution is -2.37. The summed E-state index contributed by atoms with van der Waals surface area (Å²) in [5, 5.41) is 0. The van der Waals surface area contributed by atoms with Gasteiger partial charge in [-0.3, -0.25) is 19.3 Å². The zero-order chi connectivity index (χ0) is 11.9. The molecule has 0 aromatic rings. The number of imide groups is 1. The van der Waals surface area contributed by atoms with Crippen molar-refractivity contribution in [2.75, 3.05) is 20.1 Å². The molecule has 86 valence electrons. The summed E-state index contributed by atoms with van der Waals surface area (Å²) in [6.45, 7) is 1.02. The summed E-state index contributed by atoms with van der Waals surface area (Å²) in [7, 11) is 1.45. The molecule has 2 rings (SSSR count). The number of likely N-dealkylation sites (N-methyl/N-ethyl adjacent to an activating group) is 1. The van der Waals surface area contributed by atoms with Gasteiger partial charge in [0.1, 0.15) is 16.0 Å². The van der Waals surface area contributed by atoms with E-state index in [0.29, 0.717) is 36.1 Å². The molecule has 0 atom stereocenters. The summed E-state index contributed by atoms with van der Waals surface area (Å²) < 4.78 is 0.300. The molecule has 2 heterocycles. The third kappa shape index (κ3) is 1.67. The largest absolute Gasteiger partial charge is 0.365 e. The Balaban J connectivity index is 2.24. The van der Waals surface area contributed by atoms with E-state index in [9.17, 15) is 14.4 Å². The van der Waals surface area contributed by atoms with Gasteiger partial charge >= 0.3 is 0 Å². The third-order valence-corrected chi connectivity index (χ3v) is 3.56. The van der Waals surface area contributed by atoms with E-state index in [1.807, 2.05) is 0 Å². The number of carbonyl (C=O) groups is 3. The van der Waals surface area contributed by atoms with Crippen LogP contribution >= 0.6 is 15.9 Å². The molecular formula is C10H11BrN2O3. The summed E-state index contributed by atoms with van der Waals surface area (Å²) >= 11 is 3.14. The van der Waals surface area contributed by atoms with E-state index in [4.69, 9.17) is 0 Å². The summed E-state index contributed by atoms with van der Waals surface area (Å²) in [5.41, 5.74) is 0.389. The van der Waals surface area contributed by atoms with E-state index in [-0.39, 0.29) is 17.6 Å². The number of nitrogens with zero attached hydrogens (tertiary/aromatic N) is 2. The van der Waals surface area contributed by atoms with Crippen LogP contribution < -0.4 is 0 Å². The van der Waals surface area contributed by atoms with Crippen LogP contribution in [0, 0.1) is 0 Å². The first kappa shape index (κ1) is 11.3. The summed E-state index contributed by atoms with van der Waals surface area (Å²) in [4.78, 5) is 37.3. The van der Waals surface area contributed by atoms with Crippen molar-refractivity contribution < 1.29 is 14.4 Å². The molecule has 2 aliphatic rings. The predicted octanol–water partition coefficient (Wildman–Crippen LogP) is 0.256. The van der Waals surface area contributed by atoms with Crippen LogP contribution in [0.3, 0.4) is 0 Å². The highest BCUT2D eigenvalue weighted by Gasteiger charge is 2.38. The zero-order valence-electron chi connectivity index (χ0n) is 8.83. The molecule has 0 unspecified atom stereocenters. The van der Waals surface area contributed by atoms with Crippen LogP contribution in [0.4, 0.5) is 0 Å². The highest BCUT2D eigenvalue weighted by atomic mass is 79.9. The molecule has 0 bridgehead atoms. The van der Waals surface area contributed by atoms with Crippen LogP contribution in [-0.2, 0) is 14.4 Å². The van der Waals surface area contributed by atoms with Crippen molar-refractivity contribution >= 4 is 33.5 Å². The molecular weight excluding hydrogens is 276 g/mol. The fraction of sp³-hybridized carbons (Fsp3) is 0.500. The second-order valence-corrected chi connectivity index (χ2v) is 4.65. The number of Topliss-reactive ketones (excluding diaryl/α,β-unsaturated/α-hetero) is 1. The molecule has 0 aliphatic carbocycles. The molecule has 0 aromatic carbocycles. The van der Waals surface area contributed by atoms with Crippen molar-refractivity contribution in [3.05, 3.63) is 10.2 Å². The number of hydrogen-bond acceptors (Lipinski definition) is 4. The first-order valence-electron chi connectivity index (χ1n) is 5.01. The molecule has 2 aliphatic heterocycles. The van der Waals surface area contributed by atoms with E-state index >= 15 is 0 Å². The number of piperidine rings is 1. The van der Waals surface area contributed by atoms with Crippen molar-refractivity contribution in [1.82, 2.24) is 9.80 Å². The van der Waals surface area contributed by atoms with E-state index in [1.165, 1.54) is 7.05 Å². The molecule has 1 fully saturated rings. The van der Waals surface area contributed by atoms with E-state index in [0.717, 1.165) is 4.90 Å². The van der Waals surface area contributed by atoms with Crippen LogP contribution in [0.5, 0.6) is 0 Å². The first-order chi connectivity index (χ1) is 7.52. The molecule has 0 spiro atoms. The Kier molecular flexibility index (Phi) is 2.84. The monoisotopic (exact) mass is 286 g/mol. The molecule has 2 amide bonds. The van der Waals surface area contributed by atoms with Crippen LogP contribution in [0.1, 0.15) is 12.8 Å². The highest BCUT2D eigenvalue weighted by Crippen LogP contribution is 2.28. The molecule has 0 aromatic heterocycles. The smallest absolute Gasteiger partial charge is 0.278 e. The van der Waals surface area contributed by atoms with Gasteiger partial charge in [-0.05, 0) is 15.9 Å². The number of carbonyl (C=O) groups excluding carboxylic acids is 3. The predicted molar refractivity (Wildman–Crippen MR) is 59.5 cm³/mol. The van der Waals surface area contributed by atoms with E-state index in [1.54, 1.807) is 4.90 Å². The Hall–Kier alpha value is -1.17. The fourth-order valence-electron chi connectivity index (χ4n) is 1.85. The Morgan fingerprint density at radius 3 is 2.06 bits per heavy atom. The SMILES string of the molecule is CN1C(=O)C(Br)=C(N2CCC(=O)CC2)C1=O. The second kappa shape index (κ2) is 4.01. The van der Waals surface area contributed by atoms with Gasteiger partial charge in [0.15, 0.2) is 0 Å². The molecule has 0 N–H and O–H groups in total. The van der Waals surface area contributed by atoms with Gasteiger partial charge in [0.2, 0.25) is 0 Å². The lowest BCUT2D eigenvalue weighted by atomic mass is 10.1. The first-order valence-corrected chi connectivity index (χ1v) is 5.80. The minimum absolute atomic E-state index is 0.207. The number of rotatable bonds is 1. The normalized spacial score (nSPS) is 22.5. The van der Waals surface area contributed by atoms with Crippen LogP contribution in [0.25, 0.3) is 0 Å².